The average Bonchev–Trinajstić information content (AvgIpc) is 2.36. The Morgan fingerprint density at radius 2 is 2.00 bits per heavy atom. The van der Waals surface area contributed by atoms with Gasteiger partial charge in [-0.3, -0.25) is 0 Å². The number of hydrogen-bond donors (Lipinski definition) is 0. The maximum Gasteiger partial charge on any atom is 0.218 e. The van der Waals surface area contributed by atoms with E-state index in [0.717, 1.165) is 26.9 Å². The smallest absolute Gasteiger partial charge is 0.218 e. The molecule has 2 aromatic rings. The van der Waals surface area contributed by atoms with Crippen LogP contribution in [-0.4, -0.2) is 9.97 Å². The second-order valence-electron chi connectivity index (χ2n) is 3.72. The van der Waals surface area contributed by atoms with Crippen LogP contribution in [0.5, 0.6) is 5.88 Å². The predicted molar refractivity (Wildman–Crippen MR) is 77.6 cm³/mol. The predicted octanol–water partition coefficient (Wildman–Crippen LogP) is 4.14. The fourth-order valence-electron chi connectivity index (χ4n) is 1.46. The molecule has 94 valence electrons. The van der Waals surface area contributed by atoms with E-state index in [1.807, 2.05) is 31.2 Å². The number of aromatic nitrogens is 2. The van der Waals surface area contributed by atoms with Gasteiger partial charge >= 0.3 is 0 Å². The summed E-state index contributed by atoms with van der Waals surface area (Å²) in [5.74, 6) is 1.36. The molecule has 18 heavy (non-hydrogen) atoms. The van der Waals surface area contributed by atoms with Gasteiger partial charge in [-0.1, -0.05) is 35.0 Å². The van der Waals surface area contributed by atoms with Crippen LogP contribution in [0.25, 0.3) is 0 Å². The molecule has 5 heteroatoms. The monoisotopic (exact) mass is 370 g/mol. The van der Waals surface area contributed by atoms with Crippen LogP contribution in [-0.2, 0) is 13.0 Å². The average molecular weight is 372 g/mol. The molecular formula is C13H12Br2N2O. The van der Waals surface area contributed by atoms with E-state index in [-0.39, 0.29) is 0 Å². The number of aryl methyl sites for hydroxylation is 1. The van der Waals surface area contributed by atoms with Crippen LogP contribution in [0.3, 0.4) is 0 Å². The third kappa shape index (κ3) is 3.78. The molecule has 0 unspecified atom stereocenters. The zero-order valence-electron chi connectivity index (χ0n) is 9.86. The lowest BCUT2D eigenvalue weighted by molar-refractivity contribution is 0.292. The van der Waals surface area contributed by atoms with E-state index in [0.29, 0.717) is 12.5 Å². The van der Waals surface area contributed by atoms with Crippen LogP contribution in [0.1, 0.15) is 18.3 Å². The van der Waals surface area contributed by atoms with Crippen molar-refractivity contribution in [2.75, 3.05) is 0 Å². The van der Waals surface area contributed by atoms with Crippen LogP contribution in [0.15, 0.2) is 39.4 Å². The van der Waals surface area contributed by atoms with Crippen molar-refractivity contribution in [2.24, 2.45) is 0 Å². The molecule has 0 amide bonds. The fraction of sp³-hybridized carbons (Fsp3) is 0.231. The highest BCUT2D eigenvalue weighted by Crippen LogP contribution is 2.17. The van der Waals surface area contributed by atoms with E-state index in [1.54, 1.807) is 6.07 Å². The fourth-order valence-corrected chi connectivity index (χ4v) is 2.31. The number of nitrogens with zero attached hydrogens (tertiary/aromatic N) is 2. The number of hydrogen-bond acceptors (Lipinski definition) is 3. The van der Waals surface area contributed by atoms with Gasteiger partial charge in [0.05, 0.1) is 0 Å². The standard InChI is InChI=1S/C13H12Br2N2O/c1-2-12-16-11(15)7-13(17-12)18-8-9-4-3-5-10(14)6-9/h3-7H,2,8H2,1H3. The Bertz CT molecular complexity index is 546. The highest BCUT2D eigenvalue weighted by molar-refractivity contribution is 9.10. The second kappa shape index (κ2) is 6.29. The van der Waals surface area contributed by atoms with E-state index in [4.69, 9.17) is 4.74 Å². The lowest BCUT2D eigenvalue weighted by Crippen LogP contribution is -2.01. The molecule has 0 aliphatic heterocycles. The first-order valence-electron chi connectivity index (χ1n) is 5.58. The molecule has 0 saturated carbocycles. The number of halogens is 2. The molecule has 2 rings (SSSR count). The summed E-state index contributed by atoms with van der Waals surface area (Å²) in [6, 6.07) is 9.78. The Morgan fingerprint density at radius 3 is 2.72 bits per heavy atom. The SMILES string of the molecule is CCc1nc(Br)cc(OCc2cccc(Br)c2)n1. The molecule has 3 nitrogen and oxygen atoms in total. The Kier molecular flexibility index (Phi) is 4.72. The molecule has 0 radical (unpaired) electrons. The van der Waals surface area contributed by atoms with Crippen LogP contribution in [0.4, 0.5) is 0 Å². The summed E-state index contributed by atoms with van der Waals surface area (Å²) in [7, 11) is 0. The molecule has 1 aromatic heterocycles. The van der Waals surface area contributed by atoms with E-state index in [1.165, 1.54) is 0 Å². The van der Waals surface area contributed by atoms with E-state index in [9.17, 15) is 0 Å². The molecule has 0 aliphatic rings. The summed E-state index contributed by atoms with van der Waals surface area (Å²) in [5, 5.41) is 0. The minimum Gasteiger partial charge on any atom is -0.473 e. The van der Waals surface area contributed by atoms with Crippen molar-refractivity contribution < 1.29 is 4.74 Å². The lowest BCUT2D eigenvalue weighted by Gasteiger charge is -2.07. The van der Waals surface area contributed by atoms with Crippen LogP contribution < -0.4 is 4.74 Å². The lowest BCUT2D eigenvalue weighted by atomic mass is 10.2. The molecule has 0 aliphatic carbocycles. The Morgan fingerprint density at radius 1 is 1.17 bits per heavy atom. The summed E-state index contributed by atoms with van der Waals surface area (Å²) in [5.41, 5.74) is 1.09. The van der Waals surface area contributed by atoms with Gasteiger partial charge in [0.2, 0.25) is 5.88 Å². The van der Waals surface area contributed by atoms with E-state index < -0.39 is 0 Å². The van der Waals surface area contributed by atoms with E-state index >= 15 is 0 Å². The Hall–Kier alpha value is -0.940. The van der Waals surface area contributed by atoms with Gasteiger partial charge < -0.3 is 4.74 Å². The zero-order valence-corrected chi connectivity index (χ0v) is 13.0. The zero-order chi connectivity index (χ0) is 13.0. The number of rotatable bonds is 4. The third-order valence-electron chi connectivity index (χ3n) is 2.31. The molecule has 0 saturated heterocycles. The van der Waals surface area contributed by atoms with Gasteiger partial charge in [0.1, 0.15) is 17.0 Å². The number of ether oxygens (including phenoxy) is 1. The van der Waals surface area contributed by atoms with Gasteiger partial charge in [-0.05, 0) is 33.6 Å². The van der Waals surface area contributed by atoms with Crippen molar-refractivity contribution in [3.8, 4) is 5.88 Å². The normalized spacial score (nSPS) is 10.4. The minimum atomic E-state index is 0.492. The van der Waals surface area contributed by atoms with Gasteiger partial charge in [0, 0.05) is 17.0 Å². The molecule has 0 bridgehead atoms. The highest BCUT2D eigenvalue weighted by Gasteiger charge is 2.03. The summed E-state index contributed by atoms with van der Waals surface area (Å²) in [4.78, 5) is 8.55. The minimum absolute atomic E-state index is 0.492. The molecule has 0 atom stereocenters. The van der Waals surface area contributed by atoms with Gasteiger partial charge in [-0.2, -0.15) is 4.98 Å². The van der Waals surface area contributed by atoms with Crippen LogP contribution in [0, 0.1) is 0 Å². The summed E-state index contributed by atoms with van der Waals surface area (Å²) in [6.07, 6.45) is 0.784. The van der Waals surface area contributed by atoms with Crippen LogP contribution in [0.2, 0.25) is 0 Å². The highest BCUT2D eigenvalue weighted by atomic mass is 79.9. The van der Waals surface area contributed by atoms with Crippen molar-refractivity contribution in [1.82, 2.24) is 9.97 Å². The molecule has 0 fully saturated rings. The van der Waals surface area contributed by atoms with Crippen LogP contribution >= 0.6 is 31.9 Å². The summed E-state index contributed by atoms with van der Waals surface area (Å²) in [6.45, 7) is 2.51. The van der Waals surface area contributed by atoms with Gasteiger partial charge in [-0.15, -0.1) is 0 Å². The first-order chi connectivity index (χ1) is 8.67. The Balaban J connectivity index is 2.08. The quantitative estimate of drug-likeness (QED) is 0.757. The van der Waals surface area contributed by atoms with Crippen molar-refractivity contribution in [2.45, 2.75) is 20.0 Å². The van der Waals surface area contributed by atoms with Gasteiger partial charge in [0.15, 0.2) is 0 Å². The molecule has 0 N–H and O–H groups in total. The third-order valence-corrected chi connectivity index (χ3v) is 3.21. The van der Waals surface area contributed by atoms with Crippen molar-refractivity contribution >= 4 is 31.9 Å². The maximum absolute atomic E-state index is 5.67. The maximum atomic E-state index is 5.67. The largest absolute Gasteiger partial charge is 0.473 e. The molecule has 0 spiro atoms. The van der Waals surface area contributed by atoms with Crippen molar-refractivity contribution in [3.63, 3.8) is 0 Å². The second-order valence-corrected chi connectivity index (χ2v) is 5.45. The van der Waals surface area contributed by atoms with Crippen molar-refractivity contribution in [1.29, 1.82) is 0 Å². The molecular weight excluding hydrogens is 360 g/mol. The van der Waals surface area contributed by atoms with Gasteiger partial charge in [0.25, 0.3) is 0 Å². The van der Waals surface area contributed by atoms with Crippen molar-refractivity contribution in [3.05, 3.63) is 50.8 Å². The summed E-state index contributed by atoms with van der Waals surface area (Å²) < 4.78 is 7.46. The molecule has 1 aromatic carbocycles. The van der Waals surface area contributed by atoms with Gasteiger partial charge in [-0.25, -0.2) is 4.98 Å². The Labute approximate surface area is 123 Å². The van der Waals surface area contributed by atoms with E-state index in [2.05, 4.69) is 41.8 Å². The molecule has 1 heterocycles. The number of benzene rings is 1. The topological polar surface area (TPSA) is 35.0 Å². The first kappa shape index (κ1) is 13.5. The summed E-state index contributed by atoms with van der Waals surface area (Å²) >= 11 is 6.79. The first-order valence-corrected chi connectivity index (χ1v) is 7.16.